The Morgan fingerprint density at radius 1 is 0.917 bits per heavy atom. The van der Waals surface area contributed by atoms with Crippen LogP contribution in [0, 0.1) is 0 Å². The Morgan fingerprint density at radius 2 is 1.64 bits per heavy atom. The molecule has 9 heteroatoms. The van der Waals surface area contributed by atoms with Gasteiger partial charge in [-0.05, 0) is 41.8 Å². The first-order valence-electron chi connectivity index (χ1n) is 10.8. The standard InChI is InChI=1S/C27H20ClN3O5/c1-16(32)36-25-9-5-4-8-21(25)27(35)30-23-12-10-18(19-6-2-3-7-20(19)23)15-29-31-26(34)17-11-13-24(33)22(28)14-17/h2-15,33H,1H3,(H,30,35)(H,31,34)/b29-15+. The van der Waals surface area contributed by atoms with Crippen LogP contribution < -0.4 is 15.5 Å². The average molecular weight is 502 g/mol. The van der Waals surface area contributed by atoms with E-state index in [4.69, 9.17) is 16.3 Å². The molecule has 0 atom stereocenters. The van der Waals surface area contributed by atoms with Crippen molar-refractivity contribution in [3.63, 3.8) is 0 Å². The molecule has 0 bridgehead atoms. The Bertz CT molecular complexity index is 1520. The van der Waals surface area contributed by atoms with Gasteiger partial charge in [0.15, 0.2) is 0 Å². The maximum absolute atomic E-state index is 13.0. The Hall–Kier alpha value is -4.69. The monoisotopic (exact) mass is 501 g/mol. The van der Waals surface area contributed by atoms with Crippen molar-refractivity contribution in [1.29, 1.82) is 0 Å². The first-order valence-corrected chi connectivity index (χ1v) is 11.1. The summed E-state index contributed by atoms with van der Waals surface area (Å²) < 4.78 is 5.15. The van der Waals surface area contributed by atoms with Gasteiger partial charge in [-0.25, -0.2) is 5.43 Å². The minimum atomic E-state index is -0.523. The number of hydrogen-bond acceptors (Lipinski definition) is 6. The molecule has 180 valence electrons. The highest BCUT2D eigenvalue weighted by Crippen LogP contribution is 2.28. The van der Waals surface area contributed by atoms with Crippen molar-refractivity contribution >= 4 is 52.1 Å². The maximum atomic E-state index is 13.0. The molecule has 36 heavy (non-hydrogen) atoms. The third kappa shape index (κ3) is 5.51. The van der Waals surface area contributed by atoms with E-state index in [0.29, 0.717) is 11.3 Å². The van der Waals surface area contributed by atoms with Gasteiger partial charge in [-0.15, -0.1) is 0 Å². The van der Waals surface area contributed by atoms with Crippen molar-refractivity contribution in [3.05, 3.63) is 101 Å². The smallest absolute Gasteiger partial charge is 0.308 e. The molecule has 0 saturated carbocycles. The van der Waals surface area contributed by atoms with Crippen LogP contribution in [0.1, 0.15) is 33.2 Å². The summed E-state index contributed by atoms with van der Waals surface area (Å²) in [6.07, 6.45) is 1.49. The summed E-state index contributed by atoms with van der Waals surface area (Å²) in [6, 6.07) is 21.4. The van der Waals surface area contributed by atoms with Gasteiger partial charge in [0.25, 0.3) is 11.8 Å². The number of phenolic OH excluding ortho intramolecular Hbond substituents is 1. The molecule has 0 aromatic heterocycles. The molecule has 0 aliphatic carbocycles. The van der Waals surface area contributed by atoms with Crippen LogP contribution in [-0.4, -0.2) is 29.1 Å². The zero-order chi connectivity index (χ0) is 25.7. The number of carbonyl (C=O) groups excluding carboxylic acids is 3. The molecule has 0 fully saturated rings. The largest absolute Gasteiger partial charge is 0.506 e. The number of hydrogen-bond donors (Lipinski definition) is 3. The van der Waals surface area contributed by atoms with Gasteiger partial charge >= 0.3 is 5.97 Å². The second kappa shape index (κ2) is 10.7. The first kappa shape index (κ1) is 24.4. The Morgan fingerprint density at radius 3 is 2.39 bits per heavy atom. The van der Waals surface area contributed by atoms with Gasteiger partial charge in [-0.2, -0.15) is 5.10 Å². The molecule has 2 amide bonds. The van der Waals surface area contributed by atoms with Crippen LogP contribution in [0.5, 0.6) is 11.5 Å². The number of benzene rings is 4. The minimum Gasteiger partial charge on any atom is -0.506 e. The third-order valence-electron chi connectivity index (χ3n) is 5.17. The topological polar surface area (TPSA) is 117 Å². The van der Waals surface area contributed by atoms with Crippen LogP contribution in [-0.2, 0) is 4.79 Å². The molecule has 0 radical (unpaired) electrons. The number of hydrazone groups is 1. The maximum Gasteiger partial charge on any atom is 0.308 e. The van der Waals surface area contributed by atoms with Crippen molar-refractivity contribution < 1.29 is 24.2 Å². The van der Waals surface area contributed by atoms with Gasteiger partial charge in [-0.3, -0.25) is 14.4 Å². The number of para-hydroxylation sites is 1. The van der Waals surface area contributed by atoms with Crippen molar-refractivity contribution in [2.45, 2.75) is 6.92 Å². The number of rotatable bonds is 6. The summed E-state index contributed by atoms with van der Waals surface area (Å²) in [5.41, 5.74) is 4.14. The molecule has 4 aromatic rings. The summed E-state index contributed by atoms with van der Waals surface area (Å²) >= 11 is 5.85. The van der Waals surface area contributed by atoms with Gasteiger partial charge in [0.05, 0.1) is 16.8 Å². The predicted molar refractivity (Wildman–Crippen MR) is 138 cm³/mol. The quantitative estimate of drug-likeness (QED) is 0.146. The Labute approximate surface area is 211 Å². The van der Waals surface area contributed by atoms with E-state index in [9.17, 15) is 19.5 Å². The number of anilines is 1. The first-order chi connectivity index (χ1) is 17.3. The van der Waals surface area contributed by atoms with E-state index < -0.39 is 17.8 Å². The fraction of sp³-hybridized carbons (Fsp3) is 0.0370. The molecule has 0 spiro atoms. The van der Waals surface area contributed by atoms with E-state index in [1.54, 1.807) is 36.4 Å². The summed E-state index contributed by atoms with van der Waals surface area (Å²) in [7, 11) is 0. The number of nitrogens with one attached hydrogen (secondary N) is 2. The third-order valence-corrected chi connectivity index (χ3v) is 5.47. The highest BCUT2D eigenvalue weighted by Gasteiger charge is 2.15. The number of halogens is 1. The number of nitrogens with zero attached hydrogens (tertiary/aromatic N) is 1. The lowest BCUT2D eigenvalue weighted by Gasteiger charge is -2.12. The van der Waals surface area contributed by atoms with Gasteiger partial charge in [-0.1, -0.05) is 54.1 Å². The van der Waals surface area contributed by atoms with Gasteiger partial charge in [0.2, 0.25) is 0 Å². The number of amides is 2. The van der Waals surface area contributed by atoms with Crippen molar-refractivity contribution in [1.82, 2.24) is 5.43 Å². The van der Waals surface area contributed by atoms with Crippen LogP contribution in [0.4, 0.5) is 5.69 Å². The second-order valence-electron chi connectivity index (χ2n) is 7.66. The number of ether oxygens (including phenoxy) is 1. The molecule has 0 saturated heterocycles. The molecule has 0 unspecified atom stereocenters. The fourth-order valence-electron chi connectivity index (χ4n) is 3.50. The summed E-state index contributed by atoms with van der Waals surface area (Å²) in [4.78, 5) is 36.7. The molecule has 0 aliphatic rings. The van der Waals surface area contributed by atoms with Gasteiger partial charge in [0.1, 0.15) is 11.5 Å². The number of aromatic hydroxyl groups is 1. The zero-order valence-corrected chi connectivity index (χ0v) is 19.7. The van der Waals surface area contributed by atoms with Crippen LogP contribution in [0.3, 0.4) is 0 Å². The van der Waals surface area contributed by atoms with Crippen molar-refractivity contribution in [2.75, 3.05) is 5.32 Å². The Balaban J connectivity index is 1.56. The van der Waals surface area contributed by atoms with Crippen molar-refractivity contribution in [3.8, 4) is 11.5 Å². The average Bonchev–Trinajstić information content (AvgIpc) is 2.86. The predicted octanol–water partition coefficient (Wildman–Crippen LogP) is 5.14. The van der Waals surface area contributed by atoms with Crippen LogP contribution >= 0.6 is 11.6 Å². The number of carbonyl (C=O) groups is 3. The van der Waals surface area contributed by atoms with Gasteiger partial charge < -0.3 is 15.2 Å². The molecule has 0 heterocycles. The summed E-state index contributed by atoms with van der Waals surface area (Å²) in [5, 5.41) is 18.0. The normalized spacial score (nSPS) is 10.8. The lowest BCUT2D eigenvalue weighted by molar-refractivity contribution is -0.131. The summed E-state index contributed by atoms with van der Waals surface area (Å²) in [6.45, 7) is 1.27. The lowest BCUT2D eigenvalue weighted by Crippen LogP contribution is -2.17. The zero-order valence-electron chi connectivity index (χ0n) is 19.0. The van der Waals surface area contributed by atoms with Crippen LogP contribution in [0.25, 0.3) is 10.8 Å². The SMILES string of the molecule is CC(=O)Oc1ccccc1C(=O)Nc1ccc(/C=N/NC(=O)c2ccc(O)c(Cl)c2)c2ccccc12. The number of esters is 1. The van der Waals surface area contributed by atoms with E-state index in [2.05, 4.69) is 15.8 Å². The molecule has 3 N–H and O–H groups in total. The molecule has 0 aliphatic heterocycles. The van der Waals surface area contributed by atoms with Crippen LogP contribution in [0.15, 0.2) is 84.0 Å². The van der Waals surface area contributed by atoms with E-state index in [-0.39, 0.29) is 27.6 Å². The fourth-order valence-corrected chi connectivity index (χ4v) is 3.69. The highest BCUT2D eigenvalue weighted by atomic mass is 35.5. The second-order valence-corrected chi connectivity index (χ2v) is 8.06. The Kier molecular flexibility index (Phi) is 7.27. The summed E-state index contributed by atoms with van der Waals surface area (Å²) in [5.74, 6) is -1.40. The molecule has 4 rings (SSSR count). The number of phenols is 1. The molecular weight excluding hydrogens is 482 g/mol. The minimum absolute atomic E-state index is 0.0609. The van der Waals surface area contributed by atoms with Crippen molar-refractivity contribution in [2.24, 2.45) is 5.10 Å². The molecular formula is C27H20ClN3O5. The molecule has 4 aromatic carbocycles. The molecule has 8 nitrogen and oxygen atoms in total. The van der Waals surface area contributed by atoms with E-state index in [1.165, 1.54) is 31.3 Å². The van der Waals surface area contributed by atoms with Crippen LogP contribution in [0.2, 0.25) is 5.02 Å². The van der Waals surface area contributed by atoms with E-state index >= 15 is 0 Å². The van der Waals surface area contributed by atoms with E-state index in [0.717, 1.165) is 10.8 Å². The van der Waals surface area contributed by atoms with E-state index in [1.807, 2.05) is 24.3 Å². The highest BCUT2D eigenvalue weighted by molar-refractivity contribution is 6.32. The lowest BCUT2D eigenvalue weighted by atomic mass is 10.0. The number of fused-ring (bicyclic) bond motifs is 1. The van der Waals surface area contributed by atoms with Gasteiger partial charge in [0, 0.05) is 29.1 Å².